The van der Waals surface area contributed by atoms with Gasteiger partial charge in [-0.15, -0.1) is 0 Å². The van der Waals surface area contributed by atoms with Crippen molar-refractivity contribution in [2.75, 3.05) is 39.5 Å². The first-order chi connectivity index (χ1) is 15.6. The van der Waals surface area contributed by atoms with Crippen LogP contribution in [0, 0.1) is 13.8 Å². The topological polar surface area (TPSA) is 72.7 Å². The number of hydrogen-bond acceptors (Lipinski definition) is 4. The average Bonchev–Trinajstić information content (AvgIpc) is 3.13. The van der Waals surface area contributed by atoms with E-state index in [9.17, 15) is 0 Å². The number of benzene rings is 1. The van der Waals surface area contributed by atoms with Crippen molar-refractivity contribution in [3.63, 3.8) is 0 Å². The fourth-order valence-electron chi connectivity index (χ4n) is 4.28. The molecule has 1 saturated heterocycles. The van der Waals surface area contributed by atoms with Gasteiger partial charge in [-0.25, -0.2) is 0 Å². The third kappa shape index (κ3) is 6.48. The highest BCUT2D eigenvalue weighted by atomic mass is 16.5. The summed E-state index contributed by atoms with van der Waals surface area (Å²) in [5.74, 6) is 1.79. The summed E-state index contributed by atoms with van der Waals surface area (Å²) in [5, 5.41) is 11.4. The van der Waals surface area contributed by atoms with Gasteiger partial charge >= 0.3 is 0 Å². The normalized spacial score (nSPS) is 16.1. The first-order valence-corrected chi connectivity index (χ1v) is 11.9. The zero-order valence-electron chi connectivity index (χ0n) is 20.1. The summed E-state index contributed by atoms with van der Waals surface area (Å²) in [5.41, 5.74) is 3.59. The van der Waals surface area contributed by atoms with Crippen molar-refractivity contribution in [1.29, 1.82) is 0 Å². The Morgan fingerprint density at radius 3 is 2.53 bits per heavy atom. The highest BCUT2D eigenvalue weighted by molar-refractivity contribution is 5.79. The summed E-state index contributed by atoms with van der Waals surface area (Å²) in [6, 6.07) is 10.7. The van der Waals surface area contributed by atoms with Gasteiger partial charge < -0.3 is 20.1 Å². The average molecular weight is 442 g/mol. The van der Waals surface area contributed by atoms with Gasteiger partial charge in [0, 0.05) is 44.0 Å². The Kier molecular flexibility index (Phi) is 8.97. The molecule has 0 aliphatic carbocycles. The Morgan fingerprint density at radius 1 is 1.16 bits per heavy atom. The Bertz CT molecular complexity index is 854. The van der Waals surface area contributed by atoms with Crippen LogP contribution >= 0.6 is 0 Å². The molecular formula is C25H39N5O2. The fraction of sp³-hybridized carbons (Fsp3) is 0.600. The predicted molar refractivity (Wildman–Crippen MR) is 130 cm³/mol. The predicted octanol–water partition coefficient (Wildman–Crippen LogP) is 3.59. The number of aliphatic imine (C=N–C) groups is 1. The lowest BCUT2D eigenvalue weighted by molar-refractivity contribution is 0.0531. The smallest absolute Gasteiger partial charge is 0.191 e. The molecule has 32 heavy (non-hydrogen) atoms. The van der Waals surface area contributed by atoms with E-state index < -0.39 is 0 Å². The molecular weight excluding hydrogens is 402 g/mol. The van der Waals surface area contributed by atoms with E-state index in [1.165, 1.54) is 11.3 Å². The van der Waals surface area contributed by atoms with E-state index in [-0.39, 0.29) is 5.41 Å². The second-order valence-corrected chi connectivity index (χ2v) is 8.48. The molecule has 176 valence electrons. The Morgan fingerprint density at radius 2 is 1.91 bits per heavy atom. The molecule has 2 N–H and O–H groups in total. The summed E-state index contributed by atoms with van der Waals surface area (Å²) in [4.78, 5) is 5.00. The summed E-state index contributed by atoms with van der Waals surface area (Å²) in [7, 11) is 0. The maximum absolute atomic E-state index is 5.68. The van der Waals surface area contributed by atoms with E-state index in [0.717, 1.165) is 76.1 Å². The molecule has 2 heterocycles. The highest BCUT2D eigenvalue weighted by Gasteiger charge is 2.34. The standard InChI is InChI=1S/C25H39N5O2/c1-5-26-24(27-14-7-15-30-21(4)18-20(3)29-30)28-19-25(12-16-31-17-13-25)22-8-10-23(11-9-22)32-6-2/h8-11,18H,5-7,12-17,19H2,1-4H3,(H2,26,27,28). The molecule has 0 spiro atoms. The van der Waals surface area contributed by atoms with Gasteiger partial charge in [0.15, 0.2) is 5.96 Å². The van der Waals surface area contributed by atoms with Gasteiger partial charge in [-0.3, -0.25) is 9.67 Å². The van der Waals surface area contributed by atoms with Crippen LogP contribution in [0.15, 0.2) is 35.3 Å². The second-order valence-electron chi connectivity index (χ2n) is 8.48. The van der Waals surface area contributed by atoms with Gasteiger partial charge in [0.2, 0.25) is 0 Å². The lowest BCUT2D eigenvalue weighted by atomic mass is 9.74. The molecule has 3 rings (SSSR count). The molecule has 1 aromatic heterocycles. The monoisotopic (exact) mass is 441 g/mol. The van der Waals surface area contributed by atoms with Crippen LogP contribution in [0.25, 0.3) is 0 Å². The lowest BCUT2D eigenvalue weighted by Crippen LogP contribution is -2.41. The number of aryl methyl sites for hydroxylation is 3. The van der Waals surface area contributed by atoms with E-state index in [2.05, 4.69) is 64.6 Å². The quantitative estimate of drug-likeness (QED) is 0.335. The van der Waals surface area contributed by atoms with E-state index in [4.69, 9.17) is 14.5 Å². The SMILES string of the molecule is CCNC(=NCC1(c2ccc(OCC)cc2)CCOCC1)NCCCn1nc(C)cc1C. The zero-order chi connectivity index (χ0) is 22.8. The Balaban J connectivity index is 1.63. The van der Waals surface area contributed by atoms with Crippen molar-refractivity contribution in [2.24, 2.45) is 4.99 Å². The van der Waals surface area contributed by atoms with Gasteiger partial charge in [0.05, 0.1) is 18.8 Å². The van der Waals surface area contributed by atoms with Crippen LogP contribution < -0.4 is 15.4 Å². The number of guanidine groups is 1. The molecule has 1 aromatic carbocycles. The van der Waals surface area contributed by atoms with Gasteiger partial charge in [0.1, 0.15) is 5.75 Å². The Labute approximate surface area is 192 Å². The van der Waals surface area contributed by atoms with Crippen molar-refractivity contribution in [2.45, 2.75) is 58.9 Å². The lowest BCUT2D eigenvalue weighted by Gasteiger charge is -2.36. The van der Waals surface area contributed by atoms with Crippen LogP contribution in [0.1, 0.15) is 50.1 Å². The van der Waals surface area contributed by atoms with Crippen molar-refractivity contribution >= 4 is 5.96 Å². The Hall–Kier alpha value is -2.54. The maximum atomic E-state index is 5.68. The van der Waals surface area contributed by atoms with Gasteiger partial charge in [-0.2, -0.15) is 5.10 Å². The second kappa shape index (κ2) is 11.9. The number of hydrogen-bond donors (Lipinski definition) is 2. The molecule has 1 aliphatic heterocycles. The van der Waals surface area contributed by atoms with Gasteiger partial charge in [0.25, 0.3) is 0 Å². The first kappa shape index (κ1) is 24.1. The largest absolute Gasteiger partial charge is 0.494 e. The minimum atomic E-state index is -0.00492. The van der Waals surface area contributed by atoms with Crippen molar-refractivity contribution in [3.8, 4) is 5.75 Å². The molecule has 1 aliphatic rings. The third-order valence-corrected chi connectivity index (χ3v) is 6.05. The number of rotatable bonds is 10. The van der Waals surface area contributed by atoms with Crippen LogP contribution in [0.5, 0.6) is 5.75 Å². The highest BCUT2D eigenvalue weighted by Crippen LogP contribution is 2.36. The minimum Gasteiger partial charge on any atom is -0.494 e. The molecule has 0 unspecified atom stereocenters. The van der Waals surface area contributed by atoms with E-state index in [0.29, 0.717) is 6.61 Å². The number of aromatic nitrogens is 2. The van der Waals surface area contributed by atoms with Crippen LogP contribution in [0.4, 0.5) is 0 Å². The number of nitrogens with zero attached hydrogens (tertiary/aromatic N) is 3. The number of ether oxygens (including phenoxy) is 2. The van der Waals surface area contributed by atoms with Gasteiger partial charge in [-0.1, -0.05) is 12.1 Å². The molecule has 7 nitrogen and oxygen atoms in total. The van der Waals surface area contributed by atoms with Crippen LogP contribution in [0.3, 0.4) is 0 Å². The molecule has 0 radical (unpaired) electrons. The molecule has 0 amide bonds. The summed E-state index contributed by atoms with van der Waals surface area (Å²) < 4.78 is 13.4. The number of nitrogens with one attached hydrogen (secondary N) is 2. The molecule has 7 heteroatoms. The van der Waals surface area contributed by atoms with Crippen molar-refractivity contribution < 1.29 is 9.47 Å². The molecule has 0 atom stereocenters. The van der Waals surface area contributed by atoms with E-state index in [1.54, 1.807) is 0 Å². The maximum Gasteiger partial charge on any atom is 0.191 e. The van der Waals surface area contributed by atoms with Crippen LogP contribution in [-0.2, 0) is 16.7 Å². The minimum absolute atomic E-state index is 0.00492. The van der Waals surface area contributed by atoms with E-state index >= 15 is 0 Å². The summed E-state index contributed by atoms with van der Waals surface area (Å²) in [6.45, 7) is 13.8. The fourth-order valence-corrected chi connectivity index (χ4v) is 4.28. The third-order valence-electron chi connectivity index (χ3n) is 6.05. The first-order valence-electron chi connectivity index (χ1n) is 11.9. The molecule has 0 bridgehead atoms. The summed E-state index contributed by atoms with van der Waals surface area (Å²) >= 11 is 0. The van der Waals surface area contributed by atoms with Crippen molar-refractivity contribution in [1.82, 2.24) is 20.4 Å². The molecule has 2 aromatic rings. The van der Waals surface area contributed by atoms with E-state index in [1.807, 2.05) is 13.8 Å². The van der Waals surface area contributed by atoms with Crippen LogP contribution in [-0.4, -0.2) is 55.2 Å². The molecule has 0 saturated carbocycles. The zero-order valence-corrected chi connectivity index (χ0v) is 20.1. The van der Waals surface area contributed by atoms with Gasteiger partial charge in [-0.05, 0) is 70.7 Å². The van der Waals surface area contributed by atoms with Crippen molar-refractivity contribution in [3.05, 3.63) is 47.3 Å². The molecule has 1 fully saturated rings. The van der Waals surface area contributed by atoms with Crippen LogP contribution in [0.2, 0.25) is 0 Å². The summed E-state index contributed by atoms with van der Waals surface area (Å²) in [6.07, 6.45) is 2.94.